The topological polar surface area (TPSA) is 46.2 Å². The summed E-state index contributed by atoms with van der Waals surface area (Å²) in [4.78, 5) is -0.385. The van der Waals surface area contributed by atoms with Crippen molar-refractivity contribution in [2.45, 2.75) is 42.9 Å². The number of para-hydroxylation sites is 1. The summed E-state index contributed by atoms with van der Waals surface area (Å²) in [7, 11) is -4.63. The van der Waals surface area contributed by atoms with Crippen LogP contribution in [0.25, 0.3) is 0 Å². The highest BCUT2D eigenvalue weighted by atomic mass is 35.5. The van der Waals surface area contributed by atoms with Gasteiger partial charge < -0.3 is 5.32 Å². The van der Waals surface area contributed by atoms with Gasteiger partial charge in [0, 0.05) is 11.4 Å². The number of hydrogen-bond acceptors (Lipinski definition) is 3. The van der Waals surface area contributed by atoms with Crippen molar-refractivity contribution in [1.82, 2.24) is 0 Å². The summed E-state index contributed by atoms with van der Waals surface area (Å²) in [6.07, 6.45) is 1.27. The highest BCUT2D eigenvalue weighted by molar-refractivity contribution is 7.91. The molecule has 0 aliphatic rings. The van der Waals surface area contributed by atoms with E-state index in [0.717, 1.165) is 0 Å². The van der Waals surface area contributed by atoms with Crippen LogP contribution >= 0.6 is 11.6 Å². The Labute approximate surface area is 123 Å². The number of benzene rings is 1. The predicted octanol–water partition coefficient (Wildman–Crippen LogP) is 3.89. The fourth-order valence-electron chi connectivity index (χ4n) is 1.78. The molecule has 0 saturated heterocycles. The first-order valence-electron chi connectivity index (χ1n) is 6.22. The van der Waals surface area contributed by atoms with E-state index in [-0.39, 0.29) is 10.6 Å². The zero-order valence-corrected chi connectivity index (χ0v) is 12.9. The highest BCUT2D eigenvalue weighted by Gasteiger charge is 2.31. The Bertz CT molecular complexity index is 551. The molecule has 0 aromatic heterocycles. The maximum absolute atomic E-state index is 12.7. The van der Waals surface area contributed by atoms with Crippen molar-refractivity contribution in [1.29, 1.82) is 0 Å². The summed E-state index contributed by atoms with van der Waals surface area (Å²) in [6.45, 7) is 3.80. The van der Waals surface area contributed by atoms with E-state index in [4.69, 9.17) is 11.6 Å². The molecular formula is C13H18ClF2NO2S. The lowest BCUT2D eigenvalue weighted by atomic mass is 9.95. The van der Waals surface area contributed by atoms with Crippen molar-refractivity contribution in [2.75, 3.05) is 11.2 Å². The zero-order chi connectivity index (χ0) is 15.4. The smallest absolute Gasteiger partial charge is 0.341 e. The lowest BCUT2D eigenvalue weighted by molar-refractivity contribution is 0.235. The molecule has 0 saturated carbocycles. The van der Waals surface area contributed by atoms with E-state index in [1.54, 1.807) is 6.07 Å². The van der Waals surface area contributed by atoms with Crippen LogP contribution in [0.4, 0.5) is 14.5 Å². The Hall–Kier alpha value is -0.880. The average molecular weight is 326 g/mol. The first-order chi connectivity index (χ1) is 9.27. The fraction of sp³-hybridized carbons (Fsp3) is 0.538. The second-order valence-electron chi connectivity index (χ2n) is 4.78. The van der Waals surface area contributed by atoms with E-state index in [2.05, 4.69) is 5.32 Å². The van der Waals surface area contributed by atoms with Gasteiger partial charge in [-0.15, -0.1) is 11.6 Å². The third-order valence-corrected chi connectivity index (χ3v) is 4.92. The van der Waals surface area contributed by atoms with Crippen molar-refractivity contribution < 1.29 is 17.2 Å². The molecule has 7 heteroatoms. The van der Waals surface area contributed by atoms with Crippen LogP contribution in [0.3, 0.4) is 0 Å². The maximum atomic E-state index is 12.7. The van der Waals surface area contributed by atoms with Crippen molar-refractivity contribution >= 4 is 27.1 Å². The minimum atomic E-state index is -4.63. The molecular weight excluding hydrogens is 308 g/mol. The van der Waals surface area contributed by atoms with Crippen molar-refractivity contribution in [3.8, 4) is 0 Å². The number of alkyl halides is 3. The van der Waals surface area contributed by atoms with Gasteiger partial charge in [-0.3, -0.25) is 0 Å². The van der Waals surface area contributed by atoms with Crippen LogP contribution < -0.4 is 5.32 Å². The highest BCUT2D eigenvalue weighted by Crippen LogP contribution is 2.30. The fourth-order valence-corrected chi connectivity index (χ4v) is 3.08. The normalized spacial score (nSPS) is 15.1. The van der Waals surface area contributed by atoms with Crippen molar-refractivity contribution in [3.05, 3.63) is 24.3 Å². The minimum Gasteiger partial charge on any atom is -0.379 e. The summed E-state index contributed by atoms with van der Waals surface area (Å²) < 4.78 is 48.7. The van der Waals surface area contributed by atoms with E-state index >= 15 is 0 Å². The molecule has 1 N–H and O–H groups in total. The average Bonchev–Trinajstić information content (AvgIpc) is 2.39. The Kier molecular flexibility index (Phi) is 5.77. The maximum Gasteiger partial charge on any atom is 0.341 e. The molecule has 0 spiro atoms. The number of nitrogens with one attached hydrogen (secondary N) is 1. The van der Waals surface area contributed by atoms with Crippen LogP contribution in [-0.4, -0.2) is 25.6 Å². The molecule has 0 fully saturated rings. The number of hydrogen-bond donors (Lipinski definition) is 1. The lowest BCUT2D eigenvalue weighted by Crippen LogP contribution is -2.35. The summed E-state index contributed by atoms with van der Waals surface area (Å²) >= 11 is 5.73. The van der Waals surface area contributed by atoms with Gasteiger partial charge in [0.25, 0.3) is 0 Å². The molecule has 1 aromatic rings. The number of sulfone groups is 1. The van der Waals surface area contributed by atoms with Crippen LogP contribution in [-0.2, 0) is 9.84 Å². The Morgan fingerprint density at radius 2 is 1.95 bits per heavy atom. The van der Waals surface area contributed by atoms with Gasteiger partial charge in [-0.25, -0.2) is 8.42 Å². The molecule has 1 unspecified atom stereocenters. The molecule has 1 aromatic carbocycles. The van der Waals surface area contributed by atoms with Crippen LogP contribution in [0.5, 0.6) is 0 Å². The van der Waals surface area contributed by atoms with E-state index in [1.807, 2.05) is 13.8 Å². The van der Waals surface area contributed by atoms with E-state index < -0.39 is 21.1 Å². The van der Waals surface area contributed by atoms with E-state index in [1.165, 1.54) is 18.2 Å². The summed E-state index contributed by atoms with van der Waals surface area (Å²) in [5, 5.41) is 3.04. The number of rotatable bonds is 7. The Morgan fingerprint density at radius 3 is 2.45 bits per heavy atom. The van der Waals surface area contributed by atoms with Crippen LogP contribution in [0, 0.1) is 0 Å². The van der Waals surface area contributed by atoms with Crippen molar-refractivity contribution in [3.63, 3.8) is 0 Å². The van der Waals surface area contributed by atoms with Gasteiger partial charge in [-0.05, 0) is 31.9 Å². The van der Waals surface area contributed by atoms with Gasteiger partial charge in [0.1, 0.15) is 0 Å². The SMILES string of the molecule is CCC(C)(CCCl)Nc1ccccc1S(=O)(=O)C(F)F. The number of anilines is 1. The Morgan fingerprint density at radius 1 is 1.35 bits per heavy atom. The van der Waals surface area contributed by atoms with Gasteiger partial charge in [-0.2, -0.15) is 8.78 Å². The summed E-state index contributed by atoms with van der Waals surface area (Å²) in [6, 6.07) is 5.69. The first kappa shape index (κ1) is 17.2. The monoisotopic (exact) mass is 325 g/mol. The largest absolute Gasteiger partial charge is 0.379 e. The molecule has 0 amide bonds. The second kappa shape index (κ2) is 6.72. The molecule has 0 aliphatic heterocycles. The molecule has 1 rings (SSSR count). The zero-order valence-electron chi connectivity index (χ0n) is 11.4. The quantitative estimate of drug-likeness (QED) is 0.773. The molecule has 0 bridgehead atoms. The number of halogens is 3. The molecule has 1 atom stereocenters. The van der Waals surface area contributed by atoms with Crippen LogP contribution in [0.2, 0.25) is 0 Å². The van der Waals surface area contributed by atoms with E-state index in [9.17, 15) is 17.2 Å². The van der Waals surface area contributed by atoms with Crippen LogP contribution in [0.15, 0.2) is 29.2 Å². The van der Waals surface area contributed by atoms with Crippen molar-refractivity contribution in [2.24, 2.45) is 0 Å². The van der Waals surface area contributed by atoms with Crippen LogP contribution in [0.1, 0.15) is 26.7 Å². The molecule has 114 valence electrons. The van der Waals surface area contributed by atoms with Gasteiger partial charge in [0.15, 0.2) is 0 Å². The third kappa shape index (κ3) is 3.82. The van der Waals surface area contributed by atoms with E-state index in [0.29, 0.717) is 18.7 Å². The lowest BCUT2D eigenvalue weighted by Gasteiger charge is -2.31. The molecule has 0 aliphatic carbocycles. The predicted molar refractivity (Wildman–Crippen MR) is 77.3 cm³/mol. The third-order valence-electron chi connectivity index (χ3n) is 3.29. The van der Waals surface area contributed by atoms with Gasteiger partial charge in [0.05, 0.1) is 10.6 Å². The van der Waals surface area contributed by atoms with Gasteiger partial charge >= 0.3 is 5.76 Å². The van der Waals surface area contributed by atoms with Gasteiger partial charge in [0.2, 0.25) is 9.84 Å². The summed E-state index contributed by atoms with van der Waals surface area (Å²) in [5.74, 6) is -3.05. The molecule has 0 heterocycles. The molecule has 0 radical (unpaired) electrons. The first-order valence-corrected chi connectivity index (χ1v) is 8.30. The second-order valence-corrected chi connectivity index (χ2v) is 7.04. The van der Waals surface area contributed by atoms with Gasteiger partial charge in [-0.1, -0.05) is 19.1 Å². The summed E-state index contributed by atoms with van der Waals surface area (Å²) in [5.41, 5.74) is -0.266. The molecule has 20 heavy (non-hydrogen) atoms. The Balaban J connectivity index is 3.21. The molecule has 3 nitrogen and oxygen atoms in total. The standard InChI is InChI=1S/C13H18ClF2NO2S/c1-3-13(2,8-9-14)17-10-6-4-5-7-11(10)20(18,19)12(15)16/h4-7,12,17H,3,8-9H2,1-2H3. The minimum absolute atomic E-state index is 0.183.